The van der Waals surface area contributed by atoms with Crippen molar-refractivity contribution >= 4 is 5.91 Å². The van der Waals surface area contributed by atoms with Crippen LogP contribution < -0.4 is 5.73 Å². The van der Waals surface area contributed by atoms with Gasteiger partial charge in [0.1, 0.15) is 6.54 Å². The number of alkyl halides is 3. The Bertz CT molecular complexity index is 224. The third-order valence-corrected chi connectivity index (χ3v) is 2.45. The Morgan fingerprint density at radius 3 is 1.93 bits per heavy atom. The zero-order chi connectivity index (χ0) is 12.3. The van der Waals surface area contributed by atoms with Crippen molar-refractivity contribution in [2.24, 2.45) is 5.73 Å². The van der Waals surface area contributed by atoms with E-state index in [-0.39, 0.29) is 0 Å². The summed E-state index contributed by atoms with van der Waals surface area (Å²) in [6, 6.07) is 0. The van der Waals surface area contributed by atoms with Gasteiger partial charge in [0.2, 0.25) is 5.91 Å². The van der Waals surface area contributed by atoms with Crippen molar-refractivity contribution in [2.45, 2.75) is 38.4 Å². The molecule has 0 saturated heterocycles. The van der Waals surface area contributed by atoms with Gasteiger partial charge in [0, 0.05) is 7.05 Å². The van der Waals surface area contributed by atoms with Gasteiger partial charge in [-0.1, -0.05) is 13.8 Å². The fraction of sp³-hybridized carbons (Fsp3) is 0.889. The van der Waals surface area contributed by atoms with Gasteiger partial charge in [-0.2, -0.15) is 13.2 Å². The zero-order valence-electron chi connectivity index (χ0n) is 9.19. The molecular weight excluding hydrogens is 209 g/mol. The molecule has 2 N–H and O–H groups in total. The maximum atomic E-state index is 12.0. The first kappa shape index (κ1) is 14.2. The lowest BCUT2D eigenvalue weighted by atomic mass is 9.92. The van der Waals surface area contributed by atoms with Crippen LogP contribution in [0.5, 0.6) is 0 Å². The molecule has 0 aliphatic carbocycles. The second-order valence-corrected chi connectivity index (χ2v) is 3.64. The van der Waals surface area contributed by atoms with Gasteiger partial charge in [-0.25, -0.2) is 0 Å². The molecule has 0 atom stereocenters. The fourth-order valence-electron chi connectivity index (χ4n) is 1.27. The molecule has 0 aromatic rings. The quantitative estimate of drug-likeness (QED) is 0.790. The van der Waals surface area contributed by atoms with E-state index in [1.165, 1.54) is 0 Å². The Morgan fingerprint density at radius 2 is 1.67 bits per heavy atom. The van der Waals surface area contributed by atoms with E-state index in [0.29, 0.717) is 17.7 Å². The van der Waals surface area contributed by atoms with Gasteiger partial charge in [0.05, 0.1) is 5.54 Å². The molecule has 0 bridgehead atoms. The smallest absolute Gasteiger partial charge is 0.335 e. The van der Waals surface area contributed by atoms with Crippen LogP contribution >= 0.6 is 0 Å². The number of amides is 1. The van der Waals surface area contributed by atoms with Crippen molar-refractivity contribution in [2.75, 3.05) is 13.6 Å². The molecule has 15 heavy (non-hydrogen) atoms. The number of nitrogens with two attached hydrogens (primary N) is 1. The molecule has 6 heteroatoms. The first-order valence-corrected chi connectivity index (χ1v) is 4.77. The number of halogens is 3. The minimum atomic E-state index is -4.38. The van der Waals surface area contributed by atoms with Gasteiger partial charge in [-0.15, -0.1) is 0 Å². The molecular formula is C9H17F3N2O. The molecule has 0 aliphatic rings. The maximum absolute atomic E-state index is 12.0. The molecule has 0 aliphatic heterocycles. The van der Waals surface area contributed by atoms with Crippen LogP contribution in [0.15, 0.2) is 0 Å². The summed E-state index contributed by atoms with van der Waals surface area (Å²) in [5.41, 5.74) is 4.52. The lowest BCUT2D eigenvalue weighted by molar-refractivity contribution is -0.162. The van der Waals surface area contributed by atoms with Crippen LogP contribution in [0.2, 0.25) is 0 Å². The summed E-state index contributed by atoms with van der Waals surface area (Å²) in [4.78, 5) is 12.2. The molecule has 0 unspecified atom stereocenters. The van der Waals surface area contributed by atoms with Gasteiger partial charge in [0.25, 0.3) is 0 Å². The predicted molar refractivity (Wildman–Crippen MR) is 51.2 cm³/mol. The lowest BCUT2D eigenvalue weighted by Crippen LogP contribution is -2.55. The summed E-state index contributed by atoms with van der Waals surface area (Å²) >= 11 is 0. The number of carbonyl (C=O) groups excluding carboxylic acids is 1. The van der Waals surface area contributed by atoms with Crippen LogP contribution in [0.1, 0.15) is 26.7 Å². The Kier molecular flexibility index (Phi) is 4.58. The standard InChI is InChI=1S/C9H17F3N2O/c1-4-8(13,5-2)7(15)14(3)6-9(10,11)12/h4-6,13H2,1-3H3. The SMILES string of the molecule is CCC(N)(CC)C(=O)N(C)CC(F)(F)F. The average Bonchev–Trinajstić information content (AvgIpc) is 2.12. The predicted octanol–water partition coefficient (Wildman–Crippen LogP) is 1.52. The molecule has 0 saturated carbocycles. The number of hydrogen-bond donors (Lipinski definition) is 1. The number of nitrogens with zero attached hydrogens (tertiary/aromatic N) is 1. The van der Waals surface area contributed by atoms with E-state index in [2.05, 4.69) is 0 Å². The summed E-state index contributed by atoms with van der Waals surface area (Å²) in [5, 5.41) is 0. The topological polar surface area (TPSA) is 46.3 Å². The van der Waals surface area contributed by atoms with Crippen LogP contribution in [-0.4, -0.2) is 36.1 Å². The van der Waals surface area contributed by atoms with E-state index in [1.54, 1.807) is 13.8 Å². The van der Waals surface area contributed by atoms with E-state index >= 15 is 0 Å². The molecule has 0 spiro atoms. The highest BCUT2D eigenvalue weighted by Gasteiger charge is 2.37. The van der Waals surface area contributed by atoms with Crippen LogP contribution in [0.3, 0.4) is 0 Å². The minimum Gasteiger partial charge on any atom is -0.335 e. The molecule has 0 aromatic heterocycles. The van der Waals surface area contributed by atoms with Gasteiger partial charge in [-0.3, -0.25) is 4.79 Å². The highest BCUT2D eigenvalue weighted by Crippen LogP contribution is 2.19. The van der Waals surface area contributed by atoms with Gasteiger partial charge in [-0.05, 0) is 12.8 Å². The third kappa shape index (κ3) is 4.07. The molecule has 1 amide bonds. The molecule has 0 radical (unpaired) electrons. The number of rotatable bonds is 4. The number of likely N-dealkylation sites (N-methyl/N-ethyl adjacent to an activating group) is 1. The van der Waals surface area contributed by atoms with Crippen LogP contribution in [0.4, 0.5) is 13.2 Å². The molecule has 0 fully saturated rings. The summed E-state index contributed by atoms with van der Waals surface area (Å²) in [6.45, 7) is 2.11. The van der Waals surface area contributed by atoms with Crippen molar-refractivity contribution in [3.8, 4) is 0 Å². The second-order valence-electron chi connectivity index (χ2n) is 3.64. The van der Waals surface area contributed by atoms with Crippen molar-refractivity contribution < 1.29 is 18.0 Å². The van der Waals surface area contributed by atoms with E-state index in [4.69, 9.17) is 5.73 Å². The minimum absolute atomic E-state index is 0.324. The summed E-state index contributed by atoms with van der Waals surface area (Å²) in [6.07, 6.45) is -3.73. The molecule has 0 rings (SSSR count). The lowest BCUT2D eigenvalue weighted by Gasteiger charge is -2.31. The Labute approximate surface area is 87.4 Å². The van der Waals surface area contributed by atoms with Crippen molar-refractivity contribution in [1.29, 1.82) is 0 Å². The highest BCUT2D eigenvalue weighted by molar-refractivity contribution is 5.85. The molecule has 3 nitrogen and oxygen atoms in total. The Morgan fingerprint density at radius 1 is 1.27 bits per heavy atom. The maximum Gasteiger partial charge on any atom is 0.406 e. The normalized spacial score (nSPS) is 12.7. The molecule has 0 aromatic carbocycles. The first-order valence-electron chi connectivity index (χ1n) is 4.77. The molecule has 0 heterocycles. The number of carbonyl (C=O) groups is 1. The van der Waals surface area contributed by atoms with Crippen LogP contribution in [-0.2, 0) is 4.79 Å². The van der Waals surface area contributed by atoms with Gasteiger partial charge < -0.3 is 10.6 Å². The van der Waals surface area contributed by atoms with Crippen molar-refractivity contribution in [1.82, 2.24) is 4.90 Å². The largest absolute Gasteiger partial charge is 0.406 e. The van der Waals surface area contributed by atoms with E-state index < -0.39 is 24.2 Å². The van der Waals surface area contributed by atoms with Gasteiger partial charge in [0.15, 0.2) is 0 Å². The summed E-state index contributed by atoms with van der Waals surface area (Å²) in [7, 11) is 1.11. The summed E-state index contributed by atoms with van der Waals surface area (Å²) < 4.78 is 36.1. The zero-order valence-corrected chi connectivity index (χ0v) is 9.19. The first-order chi connectivity index (χ1) is 6.66. The van der Waals surface area contributed by atoms with E-state index in [0.717, 1.165) is 7.05 Å². The third-order valence-electron chi connectivity index (χ3n) is 2.45. The summed E-state index contributed by atoms with van der Waals surface area (Å²) in [5.74, 6) is -0.662. The highest BCUT2D eigenvalue weighted by atomic mass is 19.4. The van der Waals surface area contributed by atoms with E-state index in [9.17, 15) is 18.0 Å². The molecule has 90 valence electrons. The van der Waals surface area contributed by atoms with Gasteiger partial charge >= 0.3 is 6.18 Å². The second kappa shape index (κ2) is 4.83. The van der Waals surface area contributed by atoms with Crippen molar-refractivity contribution in [3.63, 3.8) is 0 Å². The monoisotopic (exact) mass is 226 g/mol. The Balaban J connectivity index is 4.57. The van der Waals surface area contributed by atoms with Crippen LogP contribution in [0.25, 0.3) is 0 Å². The Hall–Kier alpha value is -0.780. The van der Waals surface area contributed by atoms with Crippen LogP contribution in [0, 0.1) is 0 Å². The fourth-order valence-corrected chi connectivity index (χ4v) is 1.27. The van der Waals surface area contributed by atoms with E-state index in [1.807, 2.05) is 0 Å². The number of hydrogen-bond acceptors (Lipinski definition) is 2. The average molecular weight is 226 g/mol. The van der Waals surface area contributed by atoms with Crippen molar-refractivity contribution in [3.05, 3.63) is 0 Å².